The average molecular weight is 587 g/mol. The zero-order valence-electron chi connectivity index (χ0n) is 19.0. The molecule has 0 aliphatic carbocycles. The number of phenols is 1. The van der Waals surface area contributed by atoms with E-state index in [9.17, 15) is 19.8 Å². The van der Waals surface area contributed by atoms with Crippen LogP contribution in [0.25, 0.3) is 10.2 Å². The van der Waals surface area contributed by atoms with E-state index >= 15 is 0 Å². The number of aromatic hydroxyl groups is 1. The Kier molecular flexibility index (Phi) is 6.45. The number of hydrogen-bond donors (Lipinski definition) is 2. The number of halogens is 1. The van der Waals surface area contributed by atoms with E-state index in [0.717, 1.165) is 4.70 Å². The molecule has 36 heavy (non-hydrogen) atoms. The first-order valence-electron chi connectivity index (χ1n) is 10.8. The first-order chi connectivity index (χ1) is 17.3. The third kappa shape index (κ3) is 4.02. The lowest BCUT2D eigenvalue weighted by Gasteiger charge is -2.25. The van der Waals surface area contributed by atoms with Crippen molar-refractivity contribution in [3.63, 3.8) is 0 Å². The molecule has 1 amide bonds. The molecule has 5 rings (SSSR count). The minimum absolute atomic E-state index is 0.0728. The van der Waals surface area contributed by atoms with Crippen LogP contribution in [0.1, 0.15) is 28.2 Å². The predicted octanol–water partition coefficient (Wildman–Crippen LogP) is 6.02. The predicted molar refractivity (Wildman–Crippen MR) is 142 cm³/mol. The van der Waals surface area contributed by atoms with E-state index in [1.807, 2.05) is 13.0 Å². The minimum atomic E-state index is -1.01. The molecule has 1 aliphatic heterocycles. The van der Waals surface area contributed by atoms with Gasteiger partial charge >= 0.3 is 0 Å². The number of nitrogens with zero attached hydrogens (tertiary/aromatic N) is 2. The Balaban J connectivity index is 1.69. The normalized spacial score (nSPS) is 15.7. The van der Waals surface area contributed by atoms with E-state index in [1.165, 1.54) is 40.7 Å². The molecular formula is C25H19BrN2O6S2. The molecule has 4 aromatic rings. The molecule has 1 aliphatic rings. The molecule has 184 valence electrons. The fourth-order valence-electron chi connectivity index (χ4n) is 4.05. The zero-order valence-corrected chi connectivity index (χ0v) is 22.2. The number of methoxy groups -OCH3 is 1. The molecule has 11 heteroatoms. The summed E-state index contributed by atoms with van der Waals surface area (Å²) in [5, 5.41) is 23.4. The number of aromatic nitrogens is 1. The molecule has 0 spiro atoms. The number of aliphatic hydroxyl groups excluding tert-OH is 1. The van der Waals surface area contributed by atoms with Crippen molar-refractivity contribution in [2.75, 3.05) is 18.6 Å². The summed E-state index contributed by atoms with van der Waals surface area (Å²) in [4.78, 5) is 33.3. The number of amides is 1. The van der Waals surface area contributed by atoms with Gasteiger partial charge in [-0.15, -0.1) is 11.3 Å². The third-order valence-electron chi connectivity index (χ3n) is 5.65. The number of anilines is 1. The van der Waals surface area contributed by atoms with E-state index in [-0.39, 0.29) is 17.1 Å². The Morgan fingerprint density at radius 1 is 1.22 bits per heavy atom. The molecule has 1 atom stereocenters. The smallest absolute Gasteiger partial charge is 0.296 e. The van der Waals surface area contributed by atoms with Crippen LogP contribution >= 0.6 is 38.6 Å². The lowest BCUT2D eigenvalue weighted by molar-refractivity contribution is -0.117. The van der Waals surface area contributed by atoms with Gasteiger partial charge < -0.3 is 19.7 Å². The number of phenolic OH excluding ortho intramolecular Hbond substituents is 1. The molecular weight excluding hydrogens is 568 g/mol. The van der Waals surface area contributed by atoms with E-state index < -0.39 is 23.5 Å². The van der Waals surface area contributed by atoms with E-state index in [1.54, 1.807) is 35.7 Å². The lowest BCUT2D eigenvalue weighted by atomic mass is 9.95. The van der Waals surface area contributed by atoms with Crippen LogP contribution in [0.15, 0.2) is 63.6 Å². The van der Waals surface area contributed by atoms with E-state index in [2.05, 4.69) is 20.9 Å². The molecule has 0 saturated heterocycles. The maximum absolute atomic E-state index is 13.5. The first-order valence-corrected chi connectivity index (χ1v) is 13.3. The summed E-state index contributed by atoms with van der Waals surface area (Å²) in [6.07, 6.45) is 0. The first kappa shape index (κ1) is 24.3. The molecule has 1 unspecified atom stereocenters. The maximum atomic E-state index is 13.5. The molecule has 2 N–H and O–H groups in total. The van der Waals surface area contributed by atoms with Crippen LogP contribution in [-0.2, 0) is 4.79 Å². The number of hydrogen-bond acceptors (Lipinski definition) is 9. The van der Waals surface area contributed by atoms with Crippen molar-refractivity contribution in [2.45, 2.75) is 13.0 Å². The molecule has 2 aromatic carbocycles. The number of thiazole rings is 1. The highest BCUT2D eigenvalue weighted by Gasteiger charge is 2.46. The Hall–Kier alpha value is -3.41. The van der Waals surface area contributed by atoms with Gasteiger partial charge in [0.15, 0.2) is 22.4 Å². The number of ether oxygens (including phenoxy) is 2. The van der Waals surface area contributed by atoms with Crippen LogP contribution in [0.5, 0.6) is 17.2 Å². The summed E-state index contributed by atoms with van der Waals surface area (Å²) in [5.74, 6) is -1.16. The van der Waals surface area contributed by atoms with Crippen LogP contribution in [0.4, 0.5) is 5.13 Å². The molecule has 0 bridgehead atoms. The number of Topliss-reactive ketones (excluding diaryl/α,β-unsaturated/α-hetero) is 1. The Morgan fingerprint density at radius 2 is 2.03 bits per heavy atom. The number of ketones is 1. The van der Waals surface area contributed by atoms with Crippen molar-refractivity contribution in [2.24, 2.45) is 0 Å². The second-order valence-electron chi connectivity index (χ2n) is 7.76. The zero-order chi connectivity index (χ0) is 25.6. The van der Waals surface area contributed by atoms with Gasteiger partial charge in [0, 0.05) is 0 Å². The van der Waals surface area contributed by atoms with Crippen molar-refractivity contribution < 1.29 is 29.3 Å². The third-order valence-corrected chi connectivity index (χ3v) is 8.14. The summed E-state index contributed by atoms with van der Waals surface area (Å²) in [7, 11) is 1.40. The van der Waals surface area contributed by atoms with Gasteiger partial charge in [-0.05, 0) is 70.2 Å². The van der Waals surface area contributed by atoms with Gasteiger partial charge in [0.1, 0.15) is 5.75 Å². The number of rotatable bonds is 7. The second-order valence-corrected chi connectivity index (χ2v) is 10.6. The number of carbonyl (C=O) groups is 2. The number of benzene rings is 2. The van der Waals surface area contributed by atoms with Crippen LogP contribution in [0.2, 0.25) is 0 Å². The summed E-state index contributed by atoms with van der Waals surface area (Å²) >= 11 is 5.77. The van der Waals surface area contributed by atoms with Gasteiger partial charge in [0.25, 0.3) is 5.91 Å². The Morgan fingerprint density at radius 3 is 2.72 bits per heavy atom. The van der Waals surface area contributed by atoms with Gasteiger partial charge in [-0.25, -0.2) is 4.98 Å². The minimum Gasteiger partial charge on any atom is -0.503 e. The second kappa shape index (κ2) is 9.57. The molecule has 0 fully saturated rings. The van der Waals surface area contributed by atoms with Gasteiger partial charge in [-0.1, -0.05) is 17.4 Å². The van der Waals surface area contributed by atoms with Gasteiger partial charge in [0.05, 0.1) is 44.9 Å². The highest BCUT2D eigenvalue weighted by atomic mass is 79.9. The van der Waals surface area contributed by atoms with Crippen LogP contribution in [0.3, 0.4) is 0 Å². The highest BCUT2D eigenvalue weighted by Crippen LogP contribution is 2.47. The number of thiophene rings is 1. The summed E-state index contributed by atoms with van der Waals surface area (Å²) in [6.45, 7) is 2.40. The monoisotopic (exact) mass is 586 g/mol. The van der Waals surface area contributed by atoms with Crippen molar-refractivity contribution in [3.05, 3.63) is 74.1 Å². The van der Waals surface area contributed by atoms with Crippen LogP contribution in [-0.4, -0.2) is 40.6 Å². The molecule has 3 heterocycles. The van der Waals surface area contributed by atoms with Crippen molar-refractivity contribution in [3.8, 4) is 17.2 Å². The van der Waals surface area contributed by atoms with Crippen LogP contribution < -0.4 is 14.4 Å². The molecule has 0 saturated carbocycles. The largest absolute Gasteiger partial charge is 0.503 e. The fraction of sp³-hybridized carbons (Fsp3) is 0.160. The van der Waals surface area contributed by atoms with Crippen molar-refractivity contribution in [1.29, 1.82) is 0 Å². The maximum Gasteiger partial charge on any atom is 0.296 e. The topological polar surface area (TPSA) is 109 Å². The number of aliphatic hydroxyl groups is 1. The SMILES string of the molecule is CCOc1ccc2nc(N3C(=O)C(O)=C(C(=O)c4cccs4)C3c3cc(Br)c(O)c(OC)c3)sc2c1. The molecule has 8 nitrogen and oxygen atoms in total. The fourth-order valence-corrected chi connectivity index (χ4v) is 6.21. The standard InChI is InChI=1S/C25H19BrN2O6S2/c1-3-34-13-6-7-15-18(11-13)36-25(27-15)28-20(12-9-14(26)21(29)16(10-12)33-2)19(23(31)24(28)32)22(30)17-5-4-8-35-17/h4-11,20,29,31H,3H2,1-2H3. The van der Waals surface area contributed by atoms with Crippen molar-refractivity contribution >= 4 is 65.6 Å². The van der Waals surface area contributed by atoms with Crippen molar-refractivity contribution in [1.82, 2.24) is 4.98 Å². The number of carbonyl (C=O) groups excluding carboxylic acids is 2. The molecule has 0 radical (unpaired) electrons. The van der Waals surface area contributed by atoms with Gasteiger partial charge in [-0.3, -0.25) is 14.5 Å². The molecule has 2 aromatic heterocycles. The van der Waals surface area contributed by atoms with Gasteiger partial charge in [-0.2, -0.15) is 0 Å². The highest BCUT2D eigenvalue weighted by molar-refractivity contribution is 9.10. The lowest BCUT2D eigenvalue weighted by Crippen LogP contribution is -2.31. The van der Waals surface area contributed by atoms with E-state index in [0.29, 0.717) is 37.9 Å². The quantitative estimate of drug-likeness (QED) is 0.255. The summed E-state index contributed by atoms with van der Waals surface area (Å²) in [6, 6.07) is 10.9. The summed E-state index contributed by atoms with van der Waals surface area (Å²) in [5.41, 5.74) is 1.02. The van der Waals surface area contributed by atoms with Gasteiger partial charge in [0.2, 0.25) is 5.78 Å². The Labute approximate surface area is 222 Å². The van der Waals surface area contributed by atoms with E-state index in [4.69, 9.17) is 9.47 Å². The Bertz CT molecular complexity index is 1530. The average Bonchev–Trinajstić information content (AvgIpc) is 3.59. The summed E-state index contributed by atoms with van der Waals surface area (Å²) < 4.78 is 12.0. The van der Waals surface area contributed by atoms with Crippen LogP contribution in [0, 0.1) is 0 Å². The number of fused-ring (bicyclic) bond motifs is 1.